The van der Waals surface area contributed by atoms with Crippen LogP contribution in [-0.2, 0) is 22.4 Å². The van der Waals surface area contributed by atoms with E-state index in [1.54, 1.807) is 43.3 Å². The summed E-state index contributed by atoms with van der Waals surface area (Å²) in [6.07, 6.45) is 2.54. The number of rotatable bonds is 7. The molecular weight excluding hydrogens is 561 g/mol. The maximum Gasteiger partial charge on any atom is 0.341 e. The fourth-order valence-corrected chi connectivity index (χ4v) is 6.47. The highest BCUT2D eigenvalue weighted by atomic mass is 35.5. The highest BCUT2D eigenvalue weighted by Gasteiger charge is 2.29. The highest BCUT2D eigenvalue weighted by Crippen LogP contribution is 2.40. The summed E-state index contributed by atoms with van der Waals surface area (Å²) in [7, 11) is 0. The Morgan fingerprint density at radius 2 is 1.97 bits per heavy atom. The normalized spacial score (nSPS) is 14.6. The number of carbonyl (C=O) groups excluding carboxylic acids is 2. The van der Waals surface area contributed by atoms with E-state index in [1.807, 2.05) is 0 Å². The molecule has 0 radical (unpaired) electrons. The van der Waals surface area contributed by atoms with Crippen LogP contribution in [0.25, 0.3) is 22.3 Å². The molecule has 202 valence electrons. The standard InChI is InChI=1S/C29H25Cl2NO6S/c1-3-36-29(35)24-18-10-8-15(2)12-22(18)39-28(24)32-23(33)14-37-27-25(34)19-13-16(30)9-11-21(19)38-26(27)17-6-4-5-7-20(17)31/h4-7,9,11,13,15H,3,8,10,12,14H2,1-2H3,(H,32,33). The van der Waals surface area contributed by atoms with E-state index in [9.17, 15) is 14.4 Å². The summed E-state index contributed by atoms with van der Waals surface area (Å²) >= 11 is 13.9. The first-order valence-electron chi connectivity index (χ1n) is 12.5. The Kier molecular flexibility index (Phi) is 7.98. The van der Waals surface area contributed by atoms with E-state index in [4.69, 9.17) is 37.1 Å². The quantitative estimate of drug-likeness (QED) is 0.231. The van der Waals surface area contributed by atoms with Crippen molar-refractivity contribution in [3.8, 4) is 17.1 Å². The largest absolute Gasteiger partial charge is 0.476 e. The lowest BCUT2D eigenvalue weighted by molar-refractivity contribution is -0.118. The van der Waals surface area contributed by atoms with Crippen LogP contribution >= 0.6 is 34.5 Å². The molecule has 1 atom stereocenters. The minimum Gasteiger partial charge on any atom is -0.476 e. The molecule has 0 saturated heterocycles. The zero-order valence-electron chi connectivity index (χ0n) is 21.3. The number of benzene rings is 2. The molecule has 1 N–H and O–H groups in total. The molecule has 2 heterocycles. The van der Waals surface area contributed by atoms with Crippen molar-refractivity contribution in [2.45, 2.75) is 33.1 Å². The maximum absolute atomic E-state index is 13.5. The number of hydrogen-bond acceptors (Lipinski definition) is 7. The van der Waals surface area contributed by atoms with E-state index >= 15 is 0 Å². The van der Waals surface area contributed by atoms with Crippen LogP contribution in [0.4, 0.5) is 5.00 Å². The van der Waals surface area contributed by atoms with Crippen LogP contribution in [0.1, 0.15) is 41.1 Å². The first-order valence-corrected chi connectivity index (χ1v) is 14.1. The average molecular weight is 586 g/mol. The average Bonchev–Trinajstić information content (AvgIpc) is 3.25. The molecule has 0 saturated carbocycles. The van der Waals surface area contributed by atoms with Gasteiger partial charge in [-0.1, -0.05) is 42.3 Å². The minimum atomic E-state index is -0.539. The number of nitrogens with one attached hydrogen (secondary N) is 1. The summed E-state index contributed by atoms with van der Waals surface area (Å²) in [5.74, 6) is -0.586. The highest BCUT2D eigenvalue weighted by molar-refractivity contribution is 7.17. The maximum atomic E-state index is 13.5. The molecule has 1 aliphatic carbocycles. The van der Waals surface area contributed by atoms with Gasteiger partial charge in [-0.15, -0.1) is 11.3 Å². The molecule has 0 aliphatic heterocycles. The Balaban J connectivity index is 1.47. The van der Waals surface area contributed by atoms with Gasteiger partial charge >= 0.3 is 5.97 Å². The molecule has 2 aromatic heterocycles. The van der Waals surface area contributed by atoms with Gasteiger partial charge in [0.1, 0.15) is 10.6 Å². The van der Waals surface area contributed by atoms with Crippen LogP contribution in [0.15, 0.2) is 51.7 Å². The van der Waals surface area contributed by atoms with E-state index in [1.165, 1.54) is 17.4 Å². The van der Waals surface area contributed by atoms with Crippen molar-refractivity contribution in [3.63, 3.8) is 0 Å². The lowest BCUT2D eigenvalue weighted by Gasteiger charge is -2.18. The summed E-state index contributed by atoms with van der Waals surface area (Å²) < 4.78 is 17.1. The van der Waals surface area contributed by atoms with Crippen LogP contribution < -0.4 is 15.5 Å². The van der Waals surface area contributed by atoms with Crippen molar-refractivity contribution in [1.29, 1.82) is 0 Å². The van der Waals surface area contributed by atoms with Gasteiger partial charge in [0.15, 0.2) is 12.4 Å². The summed E-state index contributed by atoms with van der Waals surface area (Å²) in [5, 5.41) is 4.13. The predicted octanol–water partition coefficient (Wildman–Crippen LogP) is 7.15. The molecule has 39 heavy (non-hydrogen) atoms. The summed E-state index contributed by atoms with van der Waals surface area (Å²) in [4.78, 5) is 40.4. The molecule has 0 fully saturated rings. The van der Waals surface area contributed by atoms with Crippen LogP contribution in [0.3, 0.4) is 0 Å². The van der Waals surface area contributed by atoms with Gasteiger partial charge in [-0.25, -0.2) is 4.79 Å². The number of fused-ring (bicyclic) bond motifs is 2. The Bertz CT molecular complexity index is 1640. The molecule has 1 aliphatic rings. The third-order valence-corrected chi connectivity index (χ3v) is 8.26. The third kappa shape index (κ3) is 5.55. The second-order valence-electron chi connectivity index (χ2n) is 9.32. The summed E-state index contributed by atoms with van der Waals surface area (Å²) in [6, 6.07) is 11.5. The van der Waals surface area contributed by atoms with Gasteiger partial charge in [0.05, 0.1) is 22.6 Å². The van der Waals surface area contributed by atoms with Gasteiger partial charge < -0.3 is 19.2 Å². The van der Waals surface area contributed by atoms with Crippen molar-refractivity contribution in [2.24, 2.45) is 5.92 Å². The Morgan fingerprint density at radius 1 is 1.18 bits per heavy atom. The first-order chi connectivity index (χ1) is 18.8. The number of halogens is 2. The van der Waals surface area contributed by atoms with E-state index < -0.39 is 23.9 Å². The van der Waals surface area contributed by atoms with Crippen LogP contribution in [0, 0.1) is 5.92 Å². The number of esters is 1. The van der Waals surface area contributed by atoms with Gasteiger partial charge in [0.2, 0.25) is 11.2 Å². The van der Waals surface area contributed by atoms with Gasteiger partial charge in [-0.3, -0.25) is 9.59 Å². The second kappa shape index (κ2) is 11.4. The molecule has 2 aromatic carbocycles. The fraction of sp³-hybridized carbons (Fsp3) is 0.276. The fourth-order valence-electron chi connectivity index (χ4n) is 4.66. The smallest absolute Gasteiger partial charge is 0.341 e. The number of thiophene rings is 1. The van der Waals surface area contributed by atoms with E-state index in [0.717, 1.165) is 29.7 Å². The lowest BCUT2D eigenvalue weighted by atomic mass is 9.88. The van der Waals surface area contributed by atoms with E-state index in [0.29, 0.717) is 37.7 Å². The van der Waals surface area contributed by atoms with Gasteiger partial charge in [0.25, 0.3) is 5.91 Å². The molecule has 1 unspecified atom stereocenters. The topological polar surface area (TPSA) is 94.8 Å². The second-order valence-corrected chi connectivity index (χ2v) is 11.3. The Labute approximate surface area is 238 Å². The number of ether oxygens (including phenoxy) is 2. The summed E-state index contributed by atoms with van der Waals surface area (Å²) in [6.45, 7) is 3.62. The van der Waals surface area contributed by atoms with Crippen molar-refractivity contribution in [3.05, 3.63) is 78.7 Å². The van der Waals surface area contributed by atoms with Gasteiger partial charge in [-0.05, 0) is 68.0 Å². The van der Waals surface area contributed by atoms with Gasteiger partial charge in [0, 0.05) is 15.5 Å². The van der Waals surface area contributed by atoms with Crippen LogP contribution in [-0.4, -0.2) is 25.1 Å². The molecule has 1 amide bonds. The van der Waals surface area contributed by atoms with E-state index in [-0.39, 0.29) is 23.5 Å². The Hall–Kier alpha value is -3.33. The summed E-state index contributed by atoms with van der Waals surface area (Å²) in [5.41, 5.74) is 1.57. The van der Waals surface area contributed by atoms with Crippen molar-refractivity contribution >= 4 is 62.4 Å². The van der Waals surface area contributed by atoms with Crippen LogP contribution in [0.2, 0.25) is 10.0 Å². The van der Waals surface area contributed by atoms with Crippen molar-refractivity contribution < 1.29 is 23.5 Å². The van der Waals surface area contributed by atoms with E-state index in [2.05, 4.69) is 12.2 Å². The lowest BCUT2D eigenvalue weighted by Crippen LogP contribution is -2.23. The van der Waals surface area contributed by atoms with Crippen molar-refractivity contribution in [1.82, 2.24) is 0 Å². The third-order valence-electron chi connectivity index (χ3n) is 6.52. The molecule has 0 bridgehead atoms. The minimum absolute atomic E-state index is 0.0982. The van der Waals surface area contributed by atoms with Gasteiger partial charge in [-0.2, -0.15) is 0 Å². The number of hydrogen-bond donors (Lipinski definition) is 1. The molecule has 0 spiro atoms. The SMILES string of the molecule is CCOC(=O)c1c(NC(=O)COc2c(-c3ccccc3Cl)oc3ccc(Cl)cc3c2=O)sc2c1CCC(C)C2. The predicted molar refractivity (Wildman–Crippen MR) is 154 cm³/mol. The molecular formula is C29H25Cl2NO6S. The van der Waals surface area contributed by atoms with Crippen molar-refractivity contribution in [2.75, 3.05) is 18.5 Å². The molecule has 7 nitrogen and oxygen atoms in total. The monoisotopic (exact) mass is 585 g/mol. The molecule has 10 heteroatoms. The van der Waals surface area contributed by atoms with Crippen LogP contribution in [0.5, 0.6) is 5.75 Å². The molecule has 5 rings (SSSR count). The Morgan fingerprint density at radius 3 is 2.74 bits per heavy atom. The number of amides is 1. The zero-order chi connectivity index (χ0) is 27.7. The number of anilines is 1. The number of carbonyl (C=O) groups is 2. The zero-order valence-corrected chi connectivity index (χ0v) is 23.6. The molecule has 4 aromatic rings. The first kappa shape index (κ1) is 27.2.